The van der Waals surface area contributed by atoms with Crippen LogP contribution < -0.4 is 11.1 Å². The van der Waals surface area contributed by atoms with Crippen molar-refractivity contribution in [3.63, 3.8) is 0 Å². The molecule has 0 aliphatic carbocycles. The number of nitrogens with two attached hydrogens (primary N) is 1. The monoisotopic (exact) mass is 355 g/mol. The molecule has 1 unspecified atom stereocenters. The van der Waals surface area contributed by atoms with Crippen LogP contribution in [0.15, 0.2) is 22.7 Å². The number of anilines is 1. The minimum atomic E-state index is -0.550. The zero-order chi connectivity index (χ0) is 16.2. The van der Waals surface area contributed by atoms with E-state index in [9.17, 15) is 9.59 Å². The van der Waals surface area contributed by atoms with E-state index in [1.165, 1.54) is 4.90 Å². The lowest BCUT2D eigenvalue weighted by Crippen LogP contribution is -2.47. The van der Waals surface area contributed by atoms with Crippen molar-refractivity contribution in [1.29, 1.82) is 0 Å². The molecule has 0 radical (unpaired) electrons. The molecule has 0 fully saturated rings. The molecule has 1 rings (SSSR count). The van der Waals surface area contributed by atoms with E-state index < -0.39 is 6.04 Å². The number of amides is 2. The number of carbonyl (C=O) groups excluding carboxylic acids is 2. The molecule has 1 atom stereocenters. The Balaban J connectivity index is 2.94. The van der Waals surface area contributed by atoms with Crippen LogP contribution in [0.1, 0.15) is 30.6 Å². The summed E-state index contributed by atoms with van der Waals surface area (Å²) in [6.45, 7) is 4.02. The Hall–Kier alpha value is -1.56. The first-order valence-corrected chi connectivity index (χ1v) is 7.58. The molecule has 0 saturated carbocycles. The molecule has 116 valence electrons. The molecule has 1 aromatic carbocycles. The van der Waals surface area contributed by atoms with Gasteiger partial charge >= 0.3 is 0 Å². The summed E-state index contributed by atoms with van der Waals surface area (Å²) in [6.07, 6.45) is 0.580. The molecule has 5 nitrogen and oxygen atoms in total. The van der Waals surface area contributed by atoms with Crippen molar-refractivity contribution in [3.8, 4) is 0 Å². The third kappa shape index (κ3) is 5.04. The fourth-order valence-corrected chi connectivity index (χ4v) is 2.33. The Morgan fingerprint density at radius 2 is 1.95 bits per heavy atom. The first-order valence-electron chi connectivity index (χ1n) is 6.79. The second-order valence-corrected chi connectivity index (χ2v) is 6.54. The molecule has 2 amide bonds. The molecule has 0 saturated heterocycles. The highest BCUT2D eigenvalue weighted by molar-refractivity contribution is 9.10. The molecule has 0 spiro atoms. The smallest absolute Gasteiger partial charge is 0.254 e. The highest BCUT2D eigenvalue weighted by Gasteiger charge is 2.24. The van der Waals surface area contributed by atoms with Crippen LogP contribution in [-0.4, -0.2) is 36.9 Å². The Kier molecular flexibility index (Phi) is 6.20. The van der Waals surface area contributed by atoms with Crippen LogP contribution in [0.5, 0.6) is 0 Å². The zero-order valence-corrected chi connectivity index (χ0v) is 14.4. The Morgan fingerprint density at radius 1 is 1.33 bits per heavy atom. The molecule has 1 aromatic rings. The maximum atomic E-state index is 12.4. The van der Waals surface area contributed by atoms with Crippen molar-refractivity contribution >= 4 is 33.4 Å². The van der Waals surface area contributed by atoms with Crippen molar-refractivity contribution in [1.82, 2.24) is 10.2 Å². The maximum absolute atomic E-state index is 12.4. The summed E-state index contributed by atoms with van der Waals surface area (Å²) in [7, 11) is 3.35. The fraction of sp³-hybridized carbons (Fsp3) is 0.467. The molecule has 0 aliphatic heterocycles. The van der Waals surface area contributed by atoms with Crippen LogP contribution in [0, 0.1) is 5.92 Å². The predicted octanol–water partition coefficient (Wildman–Crippen LogP) is 2.26. The number of nitrogens with one attached hydrogen (secondary N) is 1. The van der Waals surface area contributed by atoms with Crippen LogP contribution in [0.2, 0.25) is 0 Å². The molecule has 6 heteroatoms. The van der Waals surface area contributed by atoms with Gasteiger partial charge in [0, 0.05) is 24.3 Å². The number of halogens is 1. The van der Waals surface area contributed by atoms with Gasteiger partial charge in [0.2, 0.25) is 5.91 Å². The highest BCUT2D eigenvalue weighted by atomic mass is 79.9. The summed E-state index contributed by atoms with van der Waals surface area (Å²) in [5, 5.41) is 2.78. The second kappa shape index (κ2) is 7.45. The minimum Gasteiger partial charge on any atom is -0.398 e. The number of nitrogens with zero attached hydrogens (tertiary/aromatic N) is 1. The van der Waals surface area contributed by atoms with Crippen molar-refractivity contribution < 1.29 is 9.59 Å². The first-order chi connectivity index (χ1) is 9.72. The largest absolute Gasteiger partial charge is 0.398 e. The Morgan fingerprint density at radius 3 is 2.48 bits per heavy atom. The highest BCUT2D eigenvalue weighted by Crippen LogP contribution is 2.19. The minimum absolute atomic E-state index is 0.120. The van der Waals surface area contributed by atoms with Crippen LogP contribution in [-0.2, 0) is 4.79 Å². The molecule has 0 aliphatic rings. The number of nitrogen functional groups attached to an aromatic ring is 1. The third-order valence-electron chi connectivity index (χ3n) is 3.01. The predicted molar refractivity (Wildman–Crippen MR) is 88.0 cm³/mol. The van der Waals surface area contributed by atoms with Crippen LogP contribution in [0.3, 0.4) is 0 Å². The molecule has 3 N–H and O–H groups in total. The average molecular weight is 356 g/mol. The molecule has 21 heavy (non-hydrogen) atoms. The summed E-state index contributed by atoms with van der Waals surface area (Å²) in [5.74, 6) is -0.167. The van der Waals surface area contributed by atoms with Gasteiger partial charge in [-0.05, 0) is 30.5 Å². The maximum Gasteiger partial charge on any atom is 0.254 e. The average Bonchev–Trinajstić information content (AvgIpc) is 2.39. The lowest BCUT2D eigenvalue weighted by molar-refractivity contribution is -0.131. The number of hydrogen-bond acceptors (Lipinski definition) is 3. The van der Waals surface area contributed by atoms with Crippen LogP contribution >= 0.6 is 15.9 Å². The van der Waals surface area contributed by atoms with Crippen molar-refractivity contribution in [2.75, 3.05) is 19.8 Å². The molecular formula is C15H22BrN3O2. The van der Waals surface area contributed by atoms with Gasteiger partial charge in [-0.2, -0.15) is 0 Å². The van der Waals surface area contributed by atoms with Gasteiger partial charge in [0.05, 0.1) is 5.56 Å². The molecule has 0 aromatic heterocycles. The molecule has 0 bridgehead atoms. The van der Waals surface area contributed by atoms with E-state index in [4.69, 9.17) is 5.73 Å². The van der Waals surface area contributed by atoms with Gasteiger partial charge in [-0.3, -0.25) is 9.59 Å². The number of carbonyl (C=O) groups is 2. The second-order valence-electron chi connectivity index (χ2n) is 5.62. The fourth-order valence-electron chi connectivity index (χ4n) is 1.97. The van der Waals surface area contributed by atoms with Gasteiger partial charge in [-0.15, -0.1) is 0 Å². The van der Waals surface area contributed by atoms with E-state index in [1.54, 1.807) is 32.3 Å². The van der Waals surface area contributed by atoms with Crippen LogP contribution in [0.25, 0.3) is 0 Å². The Bertz CT molecular complexity index is 530. The van der Waals surface area contributed by atoms with E-state index in [0.717, 1.165) is 4.47 Å². The van der Waals surface area contributed by atoms with E-state index in [0.29, 0.717) is 23.6 Å². The van der Waals surface area contributed by atoms with Gasteiger partial charge in [0.15, 0.2) is 0 Å². The lowest BCUT2D eigenvalue weighted by atomic mass is 10.0. The van der Waals surface area contributed by atoms with Gasteiger partial charge in [-0.1, -0.05) is 29.8 Å². The van der Waals surface area contributed by atoms with Gasteiger partial charge in [0.1, 0.15) is 6.04 Å². The van der Waals surface area contributed by atoms with E-state index in [-0.39, 0.29) is 11.8 Å². The Labute approximate surface area is 134 Å². The van der Waals surface area contributed by atoms with Crippen molar-refractivity contribution in [2.45, 2.75) is 26.3 Å². The standard InChI is InChI=1S/C15H22BrN3O2/c1-9(2)7-13(15(21)19(3)4)18-14(20)11-8-10(16)5-6-12(11)17/h5-6,8-9,13H,7,17H2,1-4H3,(H,18,20). The van der Waals surface area contributed by atoms with Gasteiger partial charge < -0.3 is 16.0 Å². The number of hydrogen-bond donors (Lipinski definition) is 2. The van der Waals surface area contributed by atoms with E-state index in [1.807, 2.05) is 13.8 Å². The number of rotatable bonds is 5. The number of likely N-dealkylation sites (N-methyl/N-ethyl adjacent to an activating group) is 1. The normalized spacial score (nSPS) is 12.1. The molecular weight excluding hydrogens is 334 g/mol. The number of benzene rings is 1. The van der Waals surface area contributed by atoms with E-state index >= 15 is 0 Å². The van der Waals surface area contributed by atoms with Crippen LogP contribution in [0.4, 0.5) is 5.69 Å². The summed E-state index contributed by atoms with van der Waals surface area (Å²) in [4.78, 5) is 26.0. The van der Waals surface area contributed by atoms with Crippen molar-refractivity contribution in [2.24, 2.45) is 5.92 Å². The summed E-state index contributed by atoms with van der Waals surface area (Å²) >= 11 is 3.31. The SMILES string of the molecule is CC(C)CC(NC(=O)c1cc(Br)ccc1N)C(=O)N(C)C. The van der Waals surface area contributed by atoms with Crippen molar-refractivity contribution in [3.05, 3.63) is 28.2 Å². The first kappa shape index (κ1) is 17.5. The summed E-state index contributed by atoms with van der Waals surface area (Å²) in [6, 6.07) is 4.52. The van der Waals surface area contributed by atoms with Gasteiger partial charge in [-0.25, -0.2) is 0 Å². The topological polar surface area (TPSA) is 75.4 Å². The molecule has 0 heterocycles. The quantitative estimate of drug-likeness (QED) is 0.795. The summed E-state index contributed by atoms with van der Waals surface area (Å²) < 4.78 is 0.765. The lowest BCUT2D eigenvalue weighted by Gasteiger charge is -2.23. The zero-order valence-electron chi connectivity index (χ0n) is 12.8. The van der Waals surface area contributed by atoms with Gasteiger partial charge in [0.25, 0.3) is 5.91 Å². The third-order valence-corrected chi connectivity index (χ3v) is 3.50. The van der Waals surface area contributed by atoms with E-state index in [2.05, 4.69) is 21.2 Å². The summed E-state index contributed by atoms with van der Waals surface area (Å²) in [5.41, 5.74) is 6.58.